The summed E-state index contributed by atoms with van der Waals surface area (Å²) in [6.45, 7) is 6.42. The molecule has 9 heteroatoms. The van der Waals surface area contributed by atoms with Crippen molar-refractivity contribution in [2.45, 2.75) is 30.9 Å². The van der Waals surface area contributed by atoms with Crippen molar-refractivity contribution in [2.24, 2.45) is 0 Å². The van der Waals surface area contributed by atoms with Gasteiger partial charge in [0.2, 0.25) is 11.0 Å². The highest BCUT2D eigenvalue weighted by Crippen LogP contribution is 2.32. The lowest BCUT2D eigenvalue weighted by Gasteiger charge is -2.18. The Bertz CT molecular complexity index is 892. The molecule has 0 fully saturated rings. The Morgan fingerprint density at radius 3 is 2.92 bits per heavy atom. The summed E-state index contributed by atoms with van der Waals surface area (Å²) in [6.07, 6.45) is 0. The summed E-state index contributed by atoms with van der Waals surface area (Å²) < 4.78 is 0.901. The van der Waals surface area contributed by atoms with Crippen LogP contribution in [0.4, 0.5) is 16.0 Å². The van der Waals surface area contributed by atoms with Gasteiger partial charge in [-0.3, -0.25) is 9.69 Å². The molecule has 0 radical (unpaired) electrons. The van der Waals surface area contributed by atoms with E-state index in [0.29, 0.717) is 10.9 Å². The Hall–Kier alpha value is -1.97. The number of amides is 1. The quantitative estimate of drug-likeness (QED) is 0.574. The fourth-order valence-corrected chi connectivity index (χ4v) is 4.99. The van der Waals surface area contributed by atoms with Gasteiger partial charge >= 0.3 is 0 Å². The second-order valence-corrected chi connectivity index (χ2v) is 8.54. The molecule has 136 valence electrons. The van der Waals surface area contributed by atoms with Gasteiger partial charge in [0.15, 0.2) is 9.47 Å². The van der Waals surface area contributed by atoms with Crippen LogP contribution in [-0.2, 0) is 10.5 Å². The third-order valence-electron chi connectivity index (χ3n) is 3.38. The van der Waals surface area contributed by atoms with E-state index in [-0.39, 0.29) is 5.91 Å². The Morgan fingerprint density at radius 1 is 1.35 bits per heavy atom. The molecule has 0 bridgehead atoms. The Balaban J connectivity index is 1.71. The molecule has 6 nitrogen and oxygen atoms in total. The Kier molecular flexibility index (Phi) is 6.23. The maximum atomic E-state index is 12.2. The summed E-state index contributed by atoms with van der Waals surface area (Å²) in [6, 6.07) is 7.87. The van der Waals surface area contributed by atoms with Gasteiger partial charge in [-0.2, -0.15) is 0 Å². The molecule has 0 unspecified atom stereocenters. The highest BCUT2D eigenvalue weighted by Gasteiger charge is 2.18. The van der Waals surface area contributed by atoms with E-state index in [0.717, 1.165) is 33.0 Å². The zero-order chi connectivity index (χ0) is 18.5. The van der Waals surface area contributed by atoms with Gasteiger partial charge in [-0.25, -0.2) is 4.98 Å². The van der Waals surface area contributed by atoms with E-state index in [4.69, 9.17) is 0 Å². The fraction of sp³-hybridized carbons (Fsp3) is 0.294. The van der Waals surface area contributed by atoms with Crippen molar-refractivity contribution in [1.82, 2.24) is 15.2 Å². The number of carbonyl (C=O) groups excluding carboxylic acids is 1. The van der Waals surface area contributed by atoms with Gasteiger partial charge in [0, 0.05) is 24.6 Å². The first-order valence-corrected chi connectivity index (χ1v) is 10.8. The van der Waals surface area contributed by atoms with Crippen molar-refractivity contribution < 1.29 is 4.79 Å². The molecular formula is C17H19N5OS3. The molecule has 0 saturated heterocycles. The molecule has 1 amide bonds. The SMILES string of the molecule is CCNc1nnc(SCc2csc(N(C(C)=O)c3cccc(C)c3)n2)s1. The second-order valence-electron chi connectivity index (χ2n) is 5.51. The molecule has 1 aromatic carbocycles. The average molecular weight is 406 g/mol. The zero-order valence-corrected chi connectivity index (χ0v) is 17.2. The molecule has 0 aliphatic heterocycles. The lowest BCUT2D eigenvalue weighted by Crippen LogP contribution is -2.22. The van der Waals surface area contributed by atoms with Crippen molar-refractivity contribution in [1.29, 1.82) is 0 Å². The molecule has 26 heavy (non-hydrogen) atoms. The van der Waals surface area contributed by atoms with Crippen LogP contribution in [0, 0.1) is 6.92 Å². The number of thiazole rings is 1. The molecule has 2 aromatic heterocycles. The van der Waals surface area contributed by atoms with Crippen molar-refractivity contribution in [2.75, 3.05) is 16.8 Å². The minimum absolute atomic E-state index is 0.0523. The number of rotatable bonds is 7. The van der Waals surface area contributed by atoms with Crippen LogP contribution in [0.3, 0.4) is 0 Å². The number of thioether (sulfide) groups is 1. The summed E-state index contributed by atoms with van der Waals surface area (Å²) >= 11 is 4.60. The molecule has 2 heterocycles. The number of nitrogens with zero attached hydrogens (tertiary/aromatic N) is 4. The summed E-state index contributed by atoms with van der Waals surface area (Å²) in [5, 5.41) is 14.9. The van der Waals surface area contributed by atoms with Crippen LogP contribution in [0.15, 0.2) is 34.0 Å². The van der Waals surface area contributed by atoms with Gasteiger partial charge in [-0.15, -0.1) is 21.5 Å². The van der Waals surface area contributed by atoms with E-state index >= 15 is 0 Å². The summed E-state index contributed by atoms with van der Waals surface area (Å²) in [4.78, 5) is 18.5. The number of aromatic nitrogens is 3. The maximum absolute atomic E-state index is 12.2. The average Bonchev–Trinajstić information content (AvgIpc) is 3.23. The van der Waals surface area contributed by atoms with Gasteiger partial charge in [0.25, 0.3) is 0 Å². The van der Waals surface area contributed by atoms with Crippen LogP contribution < -0.4 is 10.2 Å². The van der Waals surface area contributed by atoms with Crippen LogP contribution >= 0.6 is 34.4 Å². The third kappa shape index (κ3) is 4.60. The lowest BCUT2D eigenvalue weighted by molar-refractivity contribution is -0.115. The predicted octanol–water partition coefficient (Wildman–Crippen LogP) is 4.71. The largest absolute Gasteiger partial charge is 0.360 e. The van der Waals surface area contributed by atoms with Crippen molar-refractivity contribution >= 4 is 56.3 Å². The molecule has 0 saturated carbocycles. The normalized spacial score (nSPS) is 10.7. The van der Waals surface area contributed by atoms with Gasteiger partial charge in [0.05, 0.1) is 11.4 Å². The number of anilines is 3. The number of nitrogens with one attached hydrogen (secondary N) is 1. The van der Waals surface area contributed by atoms with Crippen LogP contribution in [0.2, 0.25) is 0 Å². The number of hydrogen-bond donors (Lipinski definition) is 1. The first kappa shape index (κ1) is 18.8. The monoisotopic (exact) mass is 405 g/mol. The Labute approximate surface area is 164 Å². The van der Waals surface area contributed by atoms with Crippen molar-refractivity contribution in [3.05, 3.63) is 40.9 Å². The smallest absolute Gasteiger partial charge is 0.230 e. The van der Waals surface area contributed by atoms with E-state index in [1.807, 2.05) is 43.5 Å². The van der Waals surface area contributed by atoms with Crippen molar-refractivity contribution in [3.8, 4) is 0 Å². The lowest BCUT2D eigenvalue weighted by atomic mass is 10.2. The minimum atomic E-state index is -0.0523. The maximum Gasteiger partial charge on any atom is 0.230 e. The summed E-state index contributed by atoms with van der Waals surface area (Å²) in [5.74, 6) is 0.639. The molecular weight excluding hydrogens is 386 g/mol. The molecule has 0 aliphatic carbocycles. The van der Waals surface area contributed by atoms with Gasteiger partial charge in [-0.1, -0.05) is 35.2 Å². The minimum Gasteiger partial charge on any atom is -0.360 e. The molecule has 0 spiro atoms. The number of aryl methyl sites for hydroxylation is 1. The van der Waals surface area contributed by atoms with Gasteiger partial charge in [-0.05, 0) is 31.5 Å². The van der Waals surface area contributed by atoms with Gasteiger partial charge in [0.1, 0.15) is 0 Å². The van der Waals surface area contributed by atoms with Gasteiger partial charge < -0.3 is 5.32 Å². The molecule has 0 atom stereocenters. The molecule has 0 aliphatic rings. The predicted molar refractivity (Wildman–Crippen MR) is 110 cm³/mol. The van der Waals surface area contributed by atoms with Crippen LogP contribution in [0.1, 0.15) is 25.1 Å². The highest BCUT2D eigenvalue weighted by molar-refractivity contribution is 8.00. The standard InChI is InChI=1S/C17H19N5OS3/c1-4-18-15-20-21-17(26-15)25-10-13-9-24-16(19-13)22(12(3)23)14-7-5-6-11(2)8-14/h5-9H,4,10H2,1-3H3,(H,18,20). The van der Waals surface area contributed by atoms with E-state index in [2.05, 4.69) is 20.5 Å². The van der Waals surface area contributed by atoms with Crippen molar-refractivity contribution in [3.63, 3.8) is 0 Å². The van der Waals surface area contributed by atoms with E-state index in [1.54, 1.807) is 23.6 Å². The Morgan fingerprint density at radius 2 is 2.19 bits per heavy atom. The van der Waals surface area contributed by atoms with Crippen LogP contribution in [0.5, 0.6) is 0 Å². The van der Waals surface area contributed by atoms with E-state index in [9.17, 15) is 4.79 Å². The molecule has 1 N–H and O–H groups in total. The third-order valence-corrected chi connectivity index (χ3v) is 6.31. The zero-order valence-electron chi connectivity index (χ0n) is 14.7. The fourth-order valence-electron chi connectivity index (χ4n) is 2.29. The van der Waals surface area contributed by atoms with Crippen LogP contribution in [0.25, 0.3) is 0 Å². The first-order chi connectivity index (χ1) is 12.6. The van der Waals surface area contributed by atoms with E-state index < -0.39 is 0 Å². The molecule has 3 rings (SSSR count). The first-order valence-electron chi connectivity index (χ1n) is 8.08. The highest BCUT2D eigenvalue weighted by atomic mass is 32.2. The van der Waals surface area contributed by atoms with Crippen LogP contribution in [-0.4, -0.2) is 27.6 Å². The van der Waals surface area contributed by atoms with E-state index in [1.165, 1.54) is 22.7 Å². The number of hydrogen-bond acceptors (Lipinski definition) is 8. The number of benzene rings is 1. The molecule has 3 aromatic rings. The topological polar surface area (TPSA) is 71.0 Å². The second kappa shape index (κ2) is 8.61. The summed E-state index contributed by atoms with van der Waals surface area (Å²) in [5.41, 5.74) is 2.87. The number of carbonyl (C=O) groups is 1. The summed E-state index contributed by atoms with van der Waals surface area (Å²) in [7, 11) is 0.